The number of thiophene rings is 1. The predicted molar refractivity (Wildman–Crippen MR) is 85.7 cm³/mol. The van der Waals surface area contributed by atoms with Gasteiger partial charge in [-0.3, -0.25) is 0 Å². The van der Waals surface area contributed by atoms with E-state index in [4.69, 9.17) is 11.6 Å². The average Bonchev–Trinajstić information content (AvgIpc) is 2.99. The molecule has 1 heterocycles. The van der Waals surface area contributed by atoms with Crippen molar-refractivity contribution in [2.75, 3.05) is 6.54 Å². The van der Waals surface area contributed by atoms with E-state index in [0.29, 0.717) is 0 Å². The summed E-state index contributed by atoms with van der Waals surface area (Å²) in [6, 6.07) is 7.13. The minimum atomic E-state index is -3.78. The highest BCUT2D eigenvalue weighted by molar-refractivity contribution is 7.89. The molecule has 0 spiro atoms. The lowest BCUT2D eigenvalue weighted by Crippen LogP contribution is -2.30. The molecular formula is C14H14ClF2NO3S2. The molecule has 0 amide bonds. The topological polar surface area (TPSA) is 46.6 Å². The van der Waals surface area contributed by atoms with Gasteiger partial charge in [0.15, 0.2) is 0 Å². The van der Waals surface area contributed by atoms with E-state index in [0.717, 1.165) is 17.0 Å². The Bertz CT molecular complexity index is 751. The van der Waals surface area contributed by atoms with Crippen molar-refractivity contribution in [1.82, 2.24) is 4.31 Å². The zero-order valence-corrected chi connectivity index (χ0v) is 14.5. The molecule has 0 aliphatic heterocycles. The third-order valence-corrected chi connectivity index (χ3v) is 6.10. The van der Waals surface area contributed by atoms with Crippen LogP contribution in [0.2, 0.25) is 5.02 Å². The van der Waals surface area contributed by atoms with Crippen molar-refractivity contribution in [2.45, 2.75) is 25.0 Å². The molecule has 0 N–H and O–H groups in total. The number of rotatable bonds is 7. The number of ether oxygens (including phenoxy) is 1. The number of halogens is 3. The van der Waals surface area contributed by atoms with Crippen LogP contribution in [0.3, 0.4) is 0 Å². The highest BCUT2D eigenvalue weighted by Gasteiger charge is 2.25. The zero-order chi connectivity index (χ0) is 17.0. The third-order valence-electron chi connectivity index (χ3n) is 3.02. The molecule has 0 saturated heterocycles. The lowest BCUT2D eigenvalue weighted by molar-refractivity contribution is -0.0498. The van der Waals surface area contributed by atoms with Crippen molar-refractivity contribution in [3.05, 3.63) is 45.6 Å². The van der Waals surface area contributed by atoms with E-state index in [9.17, 15) is 17.2 Å². The van der Waals surface area contributed by atoms with E-state index in [1.807, 2.05) is 17.5 Å². The molecule has 0 saturated carbocycles. The van der Waals surface area contributed by atoms with E-state index < -0.39 is 16.6 Å². The van der Waals surface area contributed by atoms with E-state index in [-0.39, 0.29) is 28.8 Å². The van der Waals surface area contributed by atoms with Gasteiger partial charge in [-0.1, -0.05) is 24.6 Å². The molecule has 23 heavy (non-hydrogen) atoms. The van der Waals surface area contributed by atoms with Gasteiger partial charge in [0.1, 0.15) is 5.75 Å². The van der Waals surface area contributed by atoms with E-state index in [2.05, 4.69) is 4.74 Å². The summed E-state index contributed by atoms with van der Waals surface area (Å²) in [5.74, 6) is -0.262. The predicted octanol–water partition coefficient (Wildman–Crippen LogP) is 4.21. The summed E-state index contributed by atoms with van der Waals surface area (Å²) in [6.07, 6.45) is 0. The molecule has 1 aromatic heterocycles. The van der Waals surface area contributed by atoms with Gasteiger partial charge in [0.25, 0.3) is 0 Å². The molecule has 0 aliphatic carbocycles. The van der Waals surface area contributed by atoms with E-state index in [1.165, 1.54) is 21.7 Å². The number of hydrogen-bond acceptors (Lipinski definition) is 4. The molecule has 0 atom stereocenters. The summed E-state index contributed by atoms with van der Waals surface area (Å²) >= 11 is 7.29. The Morgan fingerprint density at radius 1 is 1.35 bits per heavy atom. The normalized spacial score (nSPS) is 12.1. The van der Waals surface area contributed by atoms with Gasteiger partial charge < -0.3 is 4.74 Å². The second-order valence-electron chi connectivity index (χ2n) is 4.48. The Hall–Kier alpha value is -1.22. The lowest BCUT2D eigenvalue weighted by Gasteiger charge is -2.20. The monoisotopic (exact) mass is 381 g/mol. The van der Waals surface area contributed by atoms with Crippen LogP contribution in [-0.2, 0) is 16.6 Å². The highest BCUT2D eigenvalue weighted by Crippen LogP contribution is 2.30. The van der Waals surface area contributed by atoms with Crippen LogP contribution in [0, 0.1) is 0 Å². The molecule has 126 valence electrons. The molecule has 2 aromatic rings. The summed E-state index contributed by atoms with van der Waals surface area (Å²) in [6.45, 7) is -0.793. The van der Waals surface area contributed by atoms with Gasteiger partial charge in [-0.25, -0.2) is 8.42 Å². The maximum absolute atomic E-state index is 12.7. The third kappa shape index (κ3) is 4.41. The van der Waals surface area contributed by atoms with Crippen molar-refractivity contribution in [1.29, 1.82) is 0 Å². The number of nitrogens with zero attached hydrogens (tertiary/aromatic N) is 1. The summed E-state index contributed by atoms with van der Waals surface area (Å²) < 4.78 is 55.3. The summed E-state index contributed by atoms with van der Waals surface area (Å²) in [7, 11) is -3.78. The lowest BCUT2D eigenvalue weighted by atomic mass is 10.3. The minimum absolute atomic E-state index is 0.0671. The van der Waals surface area contributed by atoms with Crippen molar-refractivity contribution in [2.24, 2.45) is 0 Å². The van der Waals surface area contributed by atoms with Crippen LogP contribution in [0.25, 0.3) is 0 Å². The molecule has 0 unspecified atom stereocenters. The molecule has 0 radical (unpaired) electrons. The number of benzene rings is 1. The van der Waals surface area contributed by atoms with Crippen molar-refractivity contribution in [3.8, 4) is 5.75 Å². The highest BCUT2D eigenvalue weighted by atomic mass is 35.5. The maximum Gasteiger partial charge on any atom is 0.387 e. The largest absolute Gasteiger partial charge is 0.433 e. The fourth-order valence-electron chi connectivity index (χ4n) is 1.93. The number of hydrogen-bond donors (Lipinski definition) is 0. The fraction of sp³-hybridized carbons (Fsp3) is 0.286. The molecule has 0 aliphatic rings. The van der Waals surface area contributed by atoms with E-state index >= 15 is 0 Å². The first-order chi connectivity index (χ1) is 10.8. The van der Waals surface area contributed by atoms with Crippen molar-refractivity contribution in [3.63, 3.8) is 0 Å². The molecule has 0 fully saturated rings. The Morgan fingerprint density at radius 3 is 2.61 bits per heavy atom. The van der Waals surface area contributed by atoms with Crippen LogP contribution < -0.4 is 4.74 Å². The summed E-state index contributed by atoms with van der Waals surface area (Å²) in [5, 5.41) is 1.68. The second kappa shape index (κ2) is 7.57. The van der Waals surface area contributed by atoms with Gasteiger partial charge in [0.2, 0.25) is 10.0 Å². The van der Waals surface area contributed by atoms with Crippen molar-refractivity contribution < 1.29 is 21.9 Å². The minimum Gasteiger partial charge on any atom is -0.433 e. The molecule has 4 nitrogen and oxygen atoms in total. The molecule has 1 aromatic carbocycles. The van der Waals surface area contributed by atoms with Crippen LogP contribution in [0.15, 0.2) is 40.6 Å². The maximum atomic E-state index is 12.7. The average molecular weight is 382 g/mol. The van der Waals surface area contributed by atoms with Gasteiger partial charge >= 0.3 is 6.61 Å². The Balaban J connectivity index is 2.28. The Morgan fingerprint density at radius 2 is 2.09 bits per heavy atom. The van der Waals surface area contributed by atoms with Crippen LogP contribution in [-0.4, -0.2) is 25.9 Å². The van der Waals surface area contributed by atoms with Gasteiger partial charge in [0, 0.05) is 18.0 Å². The van der Waals surface area contributed by atoms with Crippen LogP contribution in [0.1, 0.15) is 11.8 Å². The molecular weight excluding hydrogens is 368 g/mol. The molecule has 0 bridgehead atoms. The number of sulfonamides is 1. The van der Waals surface area contributed by atoms with Crippen LogP contribution >= 0.6 is 22.9 Å². The first kappa shape index (κ1) is 18.1. The van der Waals surface area contributed by atoms with Gasteiger partial charge in [-0.2, -0.15) is 13.1 Å². The van der Waals surface area contributed by atoms with E-state index in [1.54, 1.807) is 6.92 Å². The Labute approximate surface area is 142 Å². The molecule has 9 heteroatoms. The molecule has 2 rings (SSSR count). The SMILES string of the molecule is CCN(Cc1cccs1)S(=O)(=O)c1ccc(OC(F)F)c(Cl)c1. The fourth-order valence-corrected chi connectivity index (χ4v) is 4.47. The zero-order valence-electron chi connectivity index (χ0n) is 12.1. The van der Waals surface area contributed by atoms with Gasteiger partial charge in [-0.05, 0) is 29.6 Å². The van der Waals surface area contributed by atoms with Crippen LogP contribution in [0.5, 0.6) is 5.75 Å². The first-order valence-corrected chi connectivity index (χ1v) is 9.31. The number of alkyl halides is 2. The van der Waals surface area contributed by atoms with Crippen molar-refractivity contribution >= 4 is 33.0 Å². The quantitative estimate of drug-likeness (QED) is 0.721. The standard InChI is InChI=1S/C14H14ClF2NO3S2/c1-2-18(9-10-4-3-7-22-10)23(19,20)11-5-6-13(12(15)8-11)21-14(16)17/h3-8,14H,2,9H2,1H3. The van der Waals surface area contributed by atoms with Crippen LogP contribution in [0.4, 0.5) is 8.78 Å². The van der Waals surface area contributed by atoms with Gasteiger partial charge in [0.05, 0.1) is 9.92 Å². The summed E-state index contributed by atoms with van der Waals surface area (Å²) in [5.41, 5.74) is 0. The van der Waals surface area contributed by atoms with Gasteiger partial charge in [-0.15, -0.1) is 11.3 Å². The second-order valence-corrected chi connectivity index (χ2v) is 7.86. The Kier molecular flexibility index (Phi) is 5.96. The summed E-state index contributed by atoms with van der Waals surface area (Å²) in [4.78, 5) is 0.835. The smallest absolute Gasteiger partial charge is 0.387 e. The first-order valence-electron chi connectivity index (χ1n) is 6.61.